The number of nitrogen functional groups attached to an aromatic ring is 1. The third kappa shape index (κ3) is 4.35. The predicted octanol–water partition coefficient (Wildman–Crippen LogP) is 3.12. The Labute approximate surface area is 121 Å². The van der Waals surface area contributed by atoms with Crippen LogP contribution in [0.1, 0.15) is 24.5 Å². The highest BCUT2D eigenvalue weighted by Crippen LogP contribution is 2.14. The zero-order valence-corrected chi connectivity index (χ0v) is 12.1. The van der Waals surface area contributed by atoms with Gasteiger partial charge in [0.2, 0.25) is 0 Å². The van der Waals surface area contributed by atoms with Crippen LogP contribution in [0.3, 0.4) is 0 Å². The van der Waals surface area contributed by atoms with E-state index in [1.807, 2.05) is 24.5 Å². The van der Waals surface area contributed by atoms with Crippen molar-refractivity contribution in [3.05, 3.63) is 59.9 Å². The number of para-hydroxylation sites is 1. The van der Waals surface area contributed by atoms with E-state index in [1.165, 1.54) is 11.1 Å². The Bertz CT molecular complexity index is 511. The highest BCUT2D eigenvalue weighted by molar-refractivity contribution is 5.46. The minimum atomic E-state index is 0.887. The molecule has 3 heteroatoms. The van der Waals surface area contributed by atoms with Crippen LogP contribution in [0.25, 0.3) is 0 Å². The van der Waals surface area contributed by atoms with Gasteiger partial charge in [0.25, 0.3) is 0 Å². The van der Waals surface area contributed by atoms with E-state index < -0.39 is 0 Å². The first-order valence-corrected chi connectivity index (χ1v) is 7.24. The number of benzene rings is 1. The molecule has 0 amide bonds. The van der Waals surface area contributed by atoms with Crippen molar-refractivity contribution in [1.29, 1.82) is 0 Å². The maximum absolute atomic E-state index is 6.04. The highest BCUT2D eigenvalue weighted by Gasteiger charge is 2.07. The summed E-state index contributed by atoms with van der Waals surface area (Å²) in [6, 6.07) is 12.3. The molecule has 1 aromatic heterocycles. The van der Waals surface area contributed by atoms with E-state index >= 15 is 0 Å². The molecule has 0 radical (unpaired) electrons. The van der Waals surface area contributed by atoms with Gasteiger partial charge in [-0.05, 0) is 48.7 Å². The van der Waals surface area contributed by atoms with Crippen LogP contribution in [-0.4, -0.2) is 23.0 Å². The topological polar surface area (TPSA) is 42.2 Å². The molecule has 106 valence electrons. The van der Waals surface area contributed by atoms with Gasteiger partial charge in [0, 0.05) is 31.2 Å². The summed E-state index contributed by atoms with van der Waals surface area (Å²) < 4.78 is 0. The normalized spacial score (nSPS) is 10.9. The molecule has 0 spiro atoms. The van der Waals surface area contributed by atoms with Crippen LogP contribution in [0, 0.1) is 0 Å². The minimum Gasteiger partial charge on any atom is -0.398 e. The average molecular weight is 269 g/mol. The molecule has 0 atom stereocenters. The van der Waals surface area contributed by atoms with Crippen molar-refractivity contribution in [2.45, 2.75) is 26.3 Å². The van der Waals surface area contributed by atoms with Crippen molar-refractivity contribution in [1.82, 2.24) is 9.88 Å². The molecule has 0 unspecified atom stereocenters. The third-order valence-electron chi connectivity index (χ3n) is 3.45. The van der Waals surface area contributed by atoms with Gasteiger partial charge in [-0.1, -0.05) is 25.1 Å². The molecule has 0 aliphatic heterocycles. The summed E-state index contributed by atoms with van der Waals surface area (Å²) in [6.45, 7) is 5.28. The van der Waals surface area contributed by atoms with Crippen molar-refractivity contribution in [3.8, 4) is 0 Å². The minimum absolute atomic E-state index is 0.887. The van der Waals surface area contributed by atoms with E-state index in [9.17, 15) is 0 Å². The van der Waals surface area contributed by atoms with Crippen LogP contribution in [0.4, 0.5) is 5.69 Å². The molecule has 0 bridgehead atoms. The van der Waals surface area contributed by atoms with Gasteiger partial charge in [-0.2, -0.15) is 0 Å². The lowest BCUT2D eigenvalue weighted by molar-refractivity contribution is 0.270. The van der Waals surface area contributed by atoms with Crippen LogP contribution in [0.2, 0.25) is 0 Å². The van der Waals surface area contributed by atoms with Crippen LogP contribution < -0.4 is 5.73 Å². The zero-order chi connectivity index (χ0) is 14.2. The number of pyridine rings is 1. The molecular formula is C17H23N3. The van der Waals surface area contributed by atoms with E-state index in [2.05, 4.69) is 41.1 Å². The van der Waals surface area contributed by atoms with Crippen molar-refractivity contribution < 1.29 is 0 Å². The second kappa shape index (κ2) is 7.65. The largest absolute Gasteiger partial charge is 0.398 e. The van der Waals surface area contributed by atoms with Crippen molar-refractivity contribution in [3.63, 3.8) is 0 Å². The summed E-state index contributed by atoms with van der Waals surface area (Å²) in [6.07, 6.45) is 5.92. The lowest BCUT2D eigenvalue weighted by atomic mass is 10.1. The van der Waals surface area contributed by atoms with Gasteiger partial charge in [0.15, 0.2) is 0 Å². The molecule has 0 aliphatic rings. The quantitative estimate of drug-likeness (QED) is 0.785. The van der Waals surface area contributed by atoms with Crippen LogP contribution in [0.5, 0.6) is 0 Å². The summed E-state index contributed by atoms with van der Waals surface area (Å²) >= 11 is 0. The van der Waals surface area contributed by atoms with E-state index in [0.717, 1.165) is 38.2 Å². The number of hydrogen-bond acceptors (Lipinski definition) is 3. The molecule has 0 fully saturated rings. The van der Waals surface area contributed by atoms with Crippen LogP contribution in [0.15, 0.2) is 48.8 Å². The molecule has 1 aromatic carbocycles. The van der Waals surface area contributed by atoms with Crippen molar-refractivity contribution in [2.24, 2.45) is 0 Å². The molecule has 2 N–H and O–H groups in total. The number of anilines is 1. The van der Waals surface area contributed by atoms with Crippen LogP contribution >= 0.6 is 0 Å². The Hall–Kier alpha value is -1.87. The van der Waals surface area contributed by atoms with Gasteiger partial charge >= 0.3 is 0 Å². The Morgan fingerprint density at radius 1 is 1.05 bits per heavy atom. The van der Waals surface area contributed by atoms with E-state index in [1.54, 1.807) is 0 Å². The molecule has 2 aromatic rings. The molecule has 20 heavy (non-hydrogen) atoms. The average Bonchev–Trinajstić information content (AvgIpc) is 2.48. The number of hydrogen-bond donors (Lipinski definition) is 1. The molecular weight excluding hydrogens is 246 g/mol. The second-order valence-electron chi connectivity index (χ2n) is 5.08. The van der Waals surface area contributed by atoms with Gasteiger partial charge in [0.05, 0.1) is 0 Å². The van der Waals surface area contributed by atoms with Gasteiger partial charge in [-0.3, -0.25) is 9.88 Å². The Kier molecular flexibility index (Phi) is 5.56. The van der Waals surface area contributed by atoms with E-state index in [0.29, 0.717) is 0 Å². The van der Waals surface area contributed by atoms with E-state index in [-0.39, 0.29) is 0 Å². The van der Waals surface area contributed by atoms with Gasteiger partial charge in [0.1, 0.15) is 0 Å². The zero-order valence-electron chi connectivity index (χ0n) is 12.1. The summed E-state index contributed by atoms with van der Waals surface area (Å²) in [4.78, 5) is 6.52. The van der Waals surface area contributed by atoms with Gasteiger partial charge < -0.3 is 5.73 Å². The van der Waals surface area contributed by atoms with Crippen molar-refractivity contribution in [2.75, 3.05) is 18.8 Å². The molecule has 1 heterocycles. The number of nitrogens with zero attached hydrogens (tertiary/aromatic N) is 2. The Balaban J connectivity index is 1.95. The fraction of sp³-hybridized carbons (Fsp3) is 0.353. The smallest absolute Gasteiger partial charge is 0.0359 e. The monoisotopic (exact) mass is 269 g/mol. The first-order chi connectivity index (χ1) is 9.79. The molecule has 3 nitrogen and oxygen atoms in total. The number of nitrogens with two attached hydrogens (primary N) is 1. The number of aromatic nitrogens is 1. The van der Waals surface area contributed by atoms with Crippen LogP contribution in [-0.2, 0) is 13.0 Å². The van der Waals surface area contributed by atoms with Gasteiger partial charge in [-0.15, -0.1) is 0 Å². The summed E-state index contributed by atoms with van der Waals surface area (Å²) in [7, 11) is 0. The summed E-state index contributed by atoms with van der Waals surface area (Å²) in [5, 5.41) is 0. The first kappa shape index (κ1) is 14.5. The summed E-state index contributed by atoms with van der Waals surface area (Å²) in [5.74, 6) is 0. The lowest BCUT2D eigenvalue weighted by Gasteiger charge is -2.22. The Morgan fingerprint density at radius 3 is 2.50 bits per heavy atom. The molecule has 0 aliphatic carbocycles. The number of rotatable bonds is 7. The third-order valence-corrected chi connectivity index (χ3v) is 3.45. The molecule has 2 rings (SSSR count). The molecule has 0 saturated heterocycles. The summed E-state index contributed by atoms with van der Waals surface area (Å²) in [5.41, 5.74) is 9.48. The highest BCUT2D eigenvalue weighted by atomic mass is 15.1. The van der Waals surface area contributed by atoms with E-state index in [4.69, 9.17) is 5.73 Å². The fourth-order valence-electron chi connectivity index (χ4n) is 2.34. The SMILES string of the molecule is CCCN(CCc1ccncc1)Cc1ccccc1N. The molecule has 0 saturated carbocycles. The van der Waals surface area contributed by atoms with Crippen molar-refractivity contribution >= 4 is 5.69 Å². The maximum Gasteiger partial charge on any atom is 0.0359 e. The lowest BCUT2D eigenvalue weighted by Crippen LogP contribution is -2.27. The van der Waals surface area contributed by atoms with Gasteiger partial charge in [-0.25, -0.2) is 0 Å². The predicted molar refractivity (Wildman–Crippen MR) is 84.4 cm³/mol. The standard InChI is InChI=1S/C17H23N3/c1-2-12-20(13-9-15-7-10-19-11-8-15)14-16-5-3-4-6-17(16)18/h3-8,10-11H,2,9,12-14,18H2,1H3. The first-order valence-electron chi connectivity index (χ1n) is 7.24. The fourth-order valence-corrected chi connectivity index (χ4v) is 2.34. The Morgan fingerprint density at radius 2 is 1.80 bits per heavy atom. The second-order valence-corrected chi connectivity index (χ2v) is 5.08. The maximum atomic E-state index is 6.04.